The maximum atomic E-state index is 5.91. The number of nitrogens with two attached hydrogens (primary N) is 1. The first-order valence-electron chi connectivity index (χ1n) is 6.40. The third-order valence-corrected chi connectivity index (χ3v) is 2.87. The summed E-state index contributed by atoms with van der Waals surface area (Å²) in [6, 6.07) is 6.63. The van der Waals surface area contributed by atoms with Crippen molar-refractivity contribution in [3.8, 4) is 0 Å². The molecule has 0 aliphatic rings. The van der Waals surface area contributed by atoms with Crippen molar-refractivity contribution < 1.29 is 4.42 Å². The summed E-state index contributed by atoms with van der Waals surface area (Å²) < 4.78 is 5.81. The molecule has 4 heteroatoms. The van der Waals surface area contributed by atoms with Gasteiger partial charge in [-0.15, -0.1) is 0 Å². The maximum Gasteiger partial charge on any atom is 0.298 e. The number of oxazole rings is 1. The minimum Gasteiger partial charge on any atom is -0.423 e. The van der Waals surface area contributed by atoms with E-state index in [0.29, 0.717) is 23.7 Å². The molecular weight excluding hydrogens is 226 g/mol. The molecule has 0 saturated heterocycles. The van der Waals surface area contributed by atoms with Crippen LogP contribution in [0.1, 0.15) is 27.7 Å². The monoisotopic (exact) mass is 247 g/mol. The van der Waals surface area contributed by atoms with E-state index in [1.165, 1.54) is 0 Å². The van der Waals surface area contributed by atoms with E-state index in [-0.39, 0.29) is 0 Å². The second-order valence-electron chi connectivity index (χ2n) is 5.33. The van der Waals surface area contributed by atoms with E-state index in [1.807, 2.05) is 18.2 Å². The number of benzene rings is 1. The van der Waals surface area contributed by atoms with E-state index >= 15 is 0 Å². The van der Waals surface area contributed by atoms with Gasteiger partial charge in [0, 0.05) is 12.6 Å². The average molecular weight is 247 g/mol. The molecule has 1 aromatic heterocycles. The number of para-hydroxylation sites is 1. The van der Waals surface area contributed by atoms with E-state index in [9.17, 15) is 0 Å². The van der Waals surface area contributed by atoms with Gasteiger partial charge in [0.2, 0.25) is 0 Å². The third-order valence-electron chi connectivity index (χ3n) is 2.87. The molecule has 1 aromatic carbocycles. The quantitative estimate of drug-likeness (QED) is 0.842. The summed E-state index contributed by atoms with van der Waals surface area (Å²) in [5.74, 6) is 0.555. The highest BCUT2D eigenvalue weighted by molar-refractivity contribution is 5.86. The molecule has 0 radical (unpaired) electrons. The average Bonchev–Trinajstić information content (AvgIpc) is 2.70. The number of anilines is 2. The second-order valence-corrected chi connectivity index (χ2v) is 5.33. The highest BCUT2D eigenvalue weighted by Crippen LogP contribution is 2.27. The molecule has 18 heavy (non-hydrogen) atoms. The topological polar surface area (TPSA) is 55.3 Å². The number of nitrogens with zero attached hydrogens (tertiary/aromatic N) is 2. The largest absolute Gasteiger partial charge is 0.423 e. The molecule has 0 fully saturated rings. The number of fused-ring (bicyclic) bond motifs is 1. The van der Waals surface area contributed by atoms with E-state index in [1.54, 1.807) is 0 Å². The van der Waals surface area contributed by atoms with Gasteiger partial charge in [0.25, 0.3) is 6.01 Å². The summed E-state index contributed by atoms with van der Waals surface area (Å²) in [7, 11) is 0. The zero-order chi connectivity index (χ0) is 13.3. The first kappa shape index (κ1) is 12.7. The predicted molar refractivity (Wildman–Crippen MR) is 75.7 cm³/mol. The van der Waals surface area contributed by atoms with E-state index in [0.717, 1.165) is 17.6 Å². The van der Waals surface area contributed by atoms with Crippen LogP contribution in [-0.2, 0) is 0 Å². The zero-order valence-electron chi connectivity index (χ0n) is 11.5. The van der Waals surface area contributed by atoms with Crippen molar-refractivity contribution in [1.82, 2.24) is 4.98 Å². The van der Waals surface area contributed by atoms with Gasteiger partial charge >= 0.3 is 0 Å². The Morgan fingerprint density at radius 1 is 1.28 bits per heavy atom. The third kappa shape index (κ3) is 2.42. The van der Waals surface area contributed by atoms with Gasteiger partial charge in [-0.1, -0.05) is 19.9 Å². The molecule has 0 unspecified atom stereocenters. The summed E-state index contributed by atoms with van der Waals surface area (Å²) in [4.78, 5) is 6.69. The van der Waals surface area contributed by atoms with E-state index < -0.39 is 0 Å². The number of rotatable bonds is 4. The molecule has 0 bridgehead atoms. The first-order chi connectivity index (χ1) is 8.49. The lowest BCUT2D eigenvalue weighted by molar-refractivity contribution is 0.499. The normalized spacial score (nSPS) is 11.7. The van der Waals surface area contributed by atoms with Crippen molar-refractivity contribution in [2.75, 3.05) is 17.2 Å². The van der Waals surface area contributed by atoms with Gasteiger partial charge in [0.05, 0.1) is 5.69 Å². The molecule has 0 aliphatic carbocycles. The molecule has 98 valence electrons. The number of nitrogen functional groups attached to an aromatic ring is 1. The SMILES string of the molecule is CC(C)CN(c1nc2c(N)cccc2o1)C(C)C. The van der Waals surface area contributed by atoms with Gasteiger partial charge in [0.1, 0.15) is 5.52 Å². The molecule has 0 amide bonds. The Kier molecular flexibility index (Phi) is 3.45. The van der Waals surface area contributed by atoms with Crippen LogP contribution < -0.4 is 10.6 Å². The number of hydrogen-bond donors (Lipinski definition) is 1. The standard InChI is InChI=1S/C14H21N3O/c1-9(2)8-17(10(3)4)14-16-13-11(15)6-5-7-12(13)18-14/h5-7,9-10H,8,15H2,1-4H3. The van der Waals surface area contributed by atoms with Crippen LogP contribution in [0.3, 0.4) is 0 Å². The fraction of sp³-hybridized carbons (Fsp3) is 0.500. The minimum absolute atomic E-state index is 0.349. The van der Waals surface area contributed by atoms with Crippen molar-refractivity contribution in [3.63, 3.8) is 0 Å². The predicted octanol–water partition coefficient (Wildman–Crippen LogP) is 3.28. The summed E-state index contributed by atoms with van der Waals surface area (Å²) in [6.45, 7) is 9.57. The van der Waals surface area contributed by atoms with Gasteiger partial charge in [-0.05, 0) is 31.9 Å². The van der Waals surface area contributed by atoms with Crippen LogP contribution in [0.25, 0.3) is 11.1 Å². The van der Waals surface area contributed by atoms with E-state index in [4.69, 9.17) is 10.2 Å². The van der Waals surface area contributed by atoms with Crippen LogP contribution in [0.5, 0.6) is 0 Å². The van der Waals surface area contributed by atoms with Crippen molar-refractivity contribution >= 4 is 22.8 Å². The Balaban J connectivity index is 2.41. The van der Waals surface area contributed by atoms with Gasteiger partial charge in [-0.25, -0.2) is 0 Å². The lowest BCUT2D eigenvalue weighted by Gasteiger charge is -2.26. The highest BCUT2D eigenvalue weighted by Gasteiger charge is 2.18. The molecule has 2 rings (SSSR count). The Morgan fingerprint density at radius 2 is 2.00 bits per heavy atom. The smallest absolute Gasteiger partial charge is 0.298 e. The van der Waals surface area contributed by atoms with Gasteiger partial charge < -0.3 is 15.1 Å². The Labute approximate surface area is 108 Å². The van der Waals surface area contributed by atoms with Crippen molar-refractivity contribution in [2.45, 2.75) is 33.7 Å². The number of hydrogen-bond acceptors (Lipinski definition) is 4. The maximum absolute atomic E-state index is 5.91. The molecular formula is C14H21N3O. The Morgan fingerprint density at radius 3 is 2.56 bits per heavy atom. The second kappa shape index (κ2) is 4.88. The van der Waals surface area contributed by atoms with Gasteiger partial charge in [-0.3, -0.25) is 0 Å². The van der Waals surface area contributed by atoms with E-state index in [2.05, 4.69) is 37.6 Å². The molecule has 4 nitrogen and oxygen atoms in total. The molecule has 0 saturated carbocycles. The lowest BCUT2D eigenvalue weighted by Crippen LogP contribution is -2.34. The summed E-state index contributed by atoms with van der Waals surface area (Å²) in [6.07, 6.45) is 0. The lowest BCUT2D eigenvalue weighted by atomic mass is 10.2. The fourth-order valence-corrected chi connectivity index (χ4v) is 1.98. The highest BCUT2D eigenvalue weighted by atomic mass is 16.4. The zero-order valence-corrected chi connectivity index (χ0v) is 11.5. The van der Waals surface area contributed by atoms with Crippen LogP contribution in [-0.4, -0.2) is 17.6 Å². The molecule has 0 atom stereocenters. The summed E-state index contributed by atoms with van der Waals surface area (Å²) >= 11 is 0. The summed E-state index contributed by atoms with van der Waals surface area (Å²) in [5, 5.41) is 0. The van der Waals surface area contributed by atoms with Crippen molar-refractivity contribution in [3.05, 3.63) is 18.2 Å². The molecule has 2 aromatic rings. The molecule has 1 heterocycles. The van der Waals surface area contributed by atoms with Crippen LogP contribution in [0, 0.1) is 5.92 Å². The number of aromatic nitrogens is 1. The summed E-state index contributed by atoms with van der Waals surface area (Å²) in [5.41, 5.74) is 8.07. The van der Waals surface area contributed by atoms with Crippen LogP contribution in [0.4, 0.5) is 11.7 Å². The molecule has 0 spiro atoms. The van der Waals surface area contributed by atoms with Crippen molar-refractivity contribution in [2.24, 2.45) is 5.92 Å². The fourth-order valence-electron chi connectivity index (χ4n) is 1.98. The van der Waals surface area contributed by atoms with Gasteiger partial charge in [0.15, 0.2) is 5.58 Å². The van der Waals surface area contributed by atoms with Crippen LogP contribution in [0.2, 0.25) is 0 Å². The molecule has 2 N–H and O–H groups in total. The van der Waals surface area contributed by atoms with Gasteiger partial charge in [-0.2, -0.15) is 4.98 Å². The Hall–Kier alpha value is -1.71. The van der Waals surface area contributed by atoms with Crippen LogP contribution in [0.15, 0.2) is 22.6 Å². The molecule has 0 aliphatic heterocycles. The van der Waals surface area contributed by atoms with Crippen LogP contribution >= 0.6 is 0 Å². The van der Waals surface area contributed by atoms with Crippen molar-refractivity contribution in [1.29, 1.82) is 0 Å². The minimum atomic E-state index is 0.349. The first-order valence-corrected chi connectivity index (χ1v) is 6.40. The Bertz CT molecular complexity index is 531.